The molecule has 0 aliphatic rings. The lowest BCUT2D eigenvalue weighted by Gasteiger charge is -2.26. The van der Waals surface area contributed by atoms with E-state index in [0.29, 0.717) is 12.8 Å². The molecule has 41 heavy (non-hydrogen) atoms. The number of unbranched alkanes of at least 4 members (excludes halogenated alkanes) is 22. The number of nitrogens with one attached hydrogen (secondary N) is 1. The van der Waals surface area contributed by atoms with Gasteiger partial charge in [-0.15, -0.1) is 0 Å². The molecule has 0 saturated heterocycles. The molecule has 5 heteroatoms. The molecule has 0 aromatic rings. The Labute approximate surface area is 256 Å². The van der Waals surface area contributed by atoms with Crippen LogP contribution in [0, 0.1) is 5.92 Å². The van der Waals surface area contributed by atoms with Crippen molar-refractivity contribution in [2.24, 2.45) is 5.92 Å². The molecule has 0 bridgehead atoms. The van der Waals surface area contributed by atoms with E-state index in [1.54, 1.807) is 0 Å². The first kappa shape index (κ1) is 40.4. The van der Waals surface area contributed by atoms with Crippen LogP contribution in [0.1, 0.15) is 194 Å². The van der Waals surface area contributed by atoms with Gasteiger partial charge in [0.1, 0.15) is 6.10 Å². The standard InChI is InChI=1S/C36H73NO4/c1-4-5-6-7-8-9-10-11-12-13-14-15-16-21-24-27-30-35(40)37-33(31-38)36(41)34(39)29-26-23-20-18-17-19-22-25-28-32(2)3/h32-34,36,38-39,41H,4-31H2,1-3H3,(H,37,40)/t33-,34+,36-/m0/s1. The lowest BCUT2D eigenvalue weighted by Crippen LogP contribution is -2.50. The Balaban J connectivity index is 3.66. The number of hydrogen-bond donors (Lipinski definition) is 4. The maximum Gasteiger partial charge on any atom is 0.220 e. The minimum atomic E-state index is -1.13. The van der Waals surface area contributed by atoms with Crippen molar-refractivity contribution in [3.05, 3.63) is 0 Å². The molecule has 0 aliphatic carbocycles. The van der Waals surface area contributed by atoms with Gasteiger partial charge in [0.25, 0.3) is 0 Å². The van der Waals surface area contributed by atoms with Crippen LogP contribution in [0.15, 0.2) is 0 Å². The zero-order valence-electron chi connectivity index (χ0n) is 27.9. The van der Waals surface area contributed by atoms with Crippen molar-refractivity contribution in [3.63, 3.8) is 0 Å². The number of rotatable bonds is 32. The van der Waals surface area contributed by atoms with Crippen molar-refractivity contribution in [2.75, 3.05) is 6.61 Å². The van der Waals surface area contributed by atoms with Gasteiger partial charge in [-0.25, -0.2) is 0 Å². The minimum absolute atomic E-state index is 0.144. The third kappa shape index (κ3) is 27.9. The van der Waals surface area contributed by atoms with Crippen LogP contribution in [-0.2, 0) is 4.79 Å². The summed E-state index contributed by atoms with van der Waals surface area (Å²) in [6.07, 6.45) is 30.5. The Hall–Kier alpha value is -0.650. The van der Waals surface area contributed by atoms with Crippen molar-refractivity contribution >= 4 is 5.91 Å². The highest BCUT2D eigenvalue weighted by Gasteiger charge is 2.26. The fourth-order valence-corrected chi connectivity index (χ4v) is 5.76. The fourth-order valence-electron chi connectivity index (χ4n) is 5.76. The van der Waals surface area contributed by atoms with Crippen LogP contribution >= 0.6 is 0 Å². The maximum atomic E-state index is 12.3. The zero-order chi connectivity index (χ0) is 30.4. The molecule has 0 radical (unpaired) electrons. The summed E-state index contributed by atoms with van der Waals surface area (Å²) in [5.74, 6) is 0.660. The van der Waals surface area contributed by atoms with E-state index in [1.807, 2.05) is 0 Å². The molecule has 0 unspecified atom stereocenters. The maximum absolute atomic E-state index is 12.3. The molecule has 0 aromatic heterocycles. The Kier molecular flexibility index (Phi) is 30.3. The van der Waals surface area contributed by atoms with E-state index in [9.17, 15) is 20.1 Å². The summed E-state index contributed by atoms with van der Waals surface area (Å²) < 4.78 is 0. The van der Waals surface area contributed by atoms with Crippen LogP contribution in [0.5, 0.6) is 0 Å². The van der Waals surface area contributed by atoms with Crippen molar-refractivity contribution < 1.29 is 20.1 Å². The van der Waals surface area contributed by atoms with Crippen molar-refractivity contribution in [2.45, 2.75) is 212 Å². The summed E-state index contributed by atoms with van der Waals surface area (Å²) in [6, 6.07) is -0.801. The van der Waals surface area contributed by atoms with Gasteiger partial charge in [0.05, 0.1) is 18.8 Å². The van der Waals surface area contributed by atoms with E-state index in [0.717, 1.165) is 44.4 Å². The molecule has 0 aromatic carbocycles. The van der Waals surface area contributed by atoms with E-state index >= 15 is 0 Å². The Morgan fingerprint density at radius 3 is 1.32 bits per heavy atom. The zero-order valence-corrected chi connectivity index (χ0v) is 27.9. The van der Waals surface area contributed by atoms with Crippen molar-refractivity contribution in [1.29, 1.82) is 0 Å². The van der Waals surface area contributed by atoms with Gasteiger partial charge in [-0.05, 0) is 18.8 Å². The Morgan fingerprint density at radius 1 is 0.561 bits per heavy atom. The highest BCUT2D eigenvalue weighted by atomic mass is 16.3. The van der Waals surface area contributed by atoms with Crippen LogP contribution in [0.3, 0.4) is 0 Å². The van der Waals surface area contributed by atoms with Gasteiger partial charge in [-0.3, -0.25) is 4.79 Å². The first-order valence-electron chi connectivity index (χ1n) is 18.2. The van der Waals surface area contributed by atoms with E-state index in [4.69, 9.17) is 0 Å². The Morgan fingerprint density at radius 2 is 0.927 bits per heavy atom. The van der Waals surface area contributed by atoms with Crippen LogP contribution < -0.4 is 5.32 Å². The number of hydrogen-bond acceptors (Lipinski definition) is 4. The summed E-state index contributed by atoms with van der Waals surface area (Å²) in [4.78, 5) is 12.3. The predicted molar refractivity (Wildman–Crippen MR) is 176 cm³/mol. The van der Waals surface area contributed by atoms with Gasteiger partial charge >= 0.3 is 0 Å². The number of carbonyl (C=O) groups excluding carboxylic acids is 1. The number of amides is 1. The fraction of sp³-hybridized carbons (Fsp3) is 0.972. The molecule has 0 aliphatic heterocycles. The van der Waals surface area contributed by atoms with Gasteiger partial charge in [0, 0.05) is 6.42 Å². The summed E-state index contributed by atoms with van der Waals surface area (Å²) in [5.41, 5.74) is 0. The number of aliphatic hydroxyl groups excluding tert-OH is 3. The van der Waals surface area contributed by atoms with Crippen LogP contribution in [0.2, 0.25) is 0 Å². The second-order valence-corrected chi connectivity index (χ2v) is 13.3. The van der Waals surface area contributed by atoms with Crippen LogP contribution in [0.25, 0.3) is 0 Å². The van der Waals surface area contributed by atoms with Gasteiger partial charge in [-0.1, -0.05) is 175 Å². The molecule has 0 rings (SSSR count). The van der Waals surface area contributed by atoms with Crippen molar-refractivity contribution in [1.82, 2.24) is 5.32 Å². The average molecular weight is 584 g/mol. The topological polar surface area (TPSA) is 89.8 Å². The molecule has 4 N–H and O–H groups in total. The molecular formula is C36H73NO4. The monoisotopic (exact) mass is 584 g/mol. The van der Waals surface area contributed by atoms with Crippen LogP contribution in [0.4, 0.5) is 0 Å². The number of carbonyl (C=O) groups is 1. The van der Waals surface area contributed by atoms with E-state index in [1.165, 1.54) is 122 Å². The van der Waals surface area contributed by atoms with Gasteiger partial charge in [0.2, 0.25) is 5.91 Å². The second-order valence-electron chi connectivity index (χ2n) is 13.3. The second kappa shape index (κ2) is 30.8. The normalized spacial score (nSPS) is 13.9. The Bertz CT molecular complexity index is 542. The van der Waals surface area contributed by atoms with Gasteiger partial charge in [0.15, 0.2) is 0 Å². The number of aliphatic hydroxyl groups is 3. The third-order valence-electron chi connectivity index (χ3n) is 8.64. The molecule has 0 heterocycles. The first-order valence-corrected chi connectivity index (χ1v) is 18.2. The average Bonchev–Trinajstić information content (AvgIpc) is 2.95. The van der Waals surface area contributed by atoms with E-state index in [-0.39, 0.29) is 12.5 Å². The molecule has 0 fully saturated rings. The molecular weight excluding hydrogens is 510 g/mol. The highest BCUT2D eigenvalue weighted by molar-refractivity contribution is 5.76. The highest BCUT2D eigenvalue weighted by Crippen LogP contribution is 2.16. The lowest BCUT2D eigenvalue weighted by atomic mass is 9.99. The molecule has 1 amide bonds. The van der Waals surface area contributed by atoms with Crippen molar-refractivity contribution in [3.8, 4) is 0 Å². The largest absolute Gasteiger partial charge is 0.394 e. The molecule has 0 saturated carbocycles. The smallest absolute Gasteiger partial charge is 0.220 e. The SMILES string of the molecule is CCCCCCCCCCCCCCCCCCC(=O)N[C@@H](CO)[C@H](O)[C@H](O)CCCCCCCCCCC(C)C. The molecule has 3 atom stereocenters. The molecule has 0 spiro atoms. The quantitative estimate of drug-likeness (QED) is 0.0594. The summed E-state index contributed by atoms with van der Waals surface area (Å²) >= 11 is 0. The molecule has 5 nitrogen and oxygen atoms in total. The third-order valence-corrected chi connectivity index (χ3v) is 8.64. The van der Waals surface area contributed by atoms with Crippen LogP contribution in [-0.4, -0.2) is 46.1 Å². The summed E-state index contributed by atoms with van der Waals surface area (Å²) in [6.45, 7) is 6.48. The first-order chi connectivity index (χ1) is 19.9. The van der Waals surface area contributed by atoms with Gasteiger partial charge < -0.3 is 20.6 Å². The van der Waals surface area contributed by atoms with E-state index in [2.05, 4.69) is 26.1 Å². The summed E-state index contributed by atoms with van der Waals surface area (Å²) in [5, 5.41) is 33.3. The van der Waals surface area contributed by atoms with E-state index < -0.39 is 18.2 Å². The lowest BCUT2D eigenvalue weighted by molar-refractivity contribution is -0.124. The van der Waals surface area contributed by atoms with Gasteiger partial charge in [-0.2, -0.15) is 0 Å². The molecule has 246 valence electrons. The summed E-state index contributed by atoms with van der Waals surface area (Å²) in [7, 11) is 0. The predicted octanol–water partition coefficient (Wildman–Crippen LogP) is 9.39. The minimum Gasteiger partial charge on any atom is -0.394 e.